The molecule has 0 saturated carbocycles. The molecule has 1 aromatic heterocycles. The van der Waals surface area contributed by atoms with Gasteiger partial charge in [0.25, 0.3) is 5.91 Å². The highest BCUT2D eigenvalue weighted by molar-refractivity contribution is 6.02. The second-order valence-electron chi connectivity index (χ2n) is 8.33. The Balaban J connectivity index is 1.59. The van der Waals surface area contributed by atoms with Crippen LogP contribution in [-0.2, 0) is 0 Å². The summed E-state index contributed by atoms with van der Waals surface area (Å²) in [7, 11) is 0. The van der Waals surface area contributed by atoms with Crippen LogP contribution in [0.5, 0.6) is 0 Å². The van der Waals surface area contributed by atoms with Gasteiger partial charge in [-0.1, -0.05) is 6.92 Å². The van der Waals surface area contributed by atoms with Crippen molar-refractivity contribution < 1.29 is 4.79 Å². The molecule has 6 heteroatoms. The van der Waals surface area contributed by atoms with E-state index in [2.05, 4.69) is 44.6 Å². The van der Waals surface area contributed by atoms with E-state index < -0.39 is 0 Å². The summed E-state index contributed by atoms with van der Waals surface area (Å²) in [6, 6.07) is 8.00. The predicted molar refractivity (Wildman–Crippen MR) is 110 cm³/mol. The van der Waals surface area contributed by atoms with Gasteiger partial charge < -0.3 is 15.5 Å². The number of amides is 1. The zero-order valence-corrected chi connectivity index (χ0v) is 16.6. The van der Waals surface area contributed by atoms with E-state index in [0.717, 1.165) is 24.7 Å². The van der Waals surface area contributed by atoms with Gasteiger partial charge in [-0.15, -0.1) is 0 Å². The third-order valence-corrected chi connectivity index (χ3v) is 4.66. The topological polar surface area (TPSA) is 70.2 Å². The second-order valence-corrected chi connectivity index (χ2v) is 8.33. The smallest absolute Gasteiger partial charge is 0.275 e. The van der Waals surface area contributed by atoms with E-state index in [9.17, 15) is 4.79 Å². The van der Waals surface area contributed by atoms with E-state index in [1.807, 2.05) is 32.9 Å². The molecule has 0 aliphatic carbocycles. The minimum Gasteiger partial charge on any atom is -0.372 e. The Kier molecular flexibility index (Phi) is 5.63. The number of carbonyl (C=O) groups excluding carboxylic acids is 1. The third kappa shape index (κ3) is 5.42. The Morgan fingerprint density at radius 2 is 1.74 bits per heavy atom. The Hall–Kier alpha value is -2.63. The molecule has 0 unspecified atom stereocenters. The minimum atomic E-state index is -0.260. The van der Waals surface area contributed by atoms with E-state index in [0.29, 0.717) is 11.5 Å². The fourth-order valence-corrected chi connectivity index (χ4v) is 3.11. The fourth-order valence-electron chi connectivity index (χ4n) is 3.11. The lowest BCUT2D eigenvalue weighted by Crippen LogP contribution is -2.32. The molecule has 1 amide bonds. The van der Waals surface area contributed by atoms with Crippen LogP contribution >= 0.6 is 0 Å². The van der Waals surface area contributed by atoms with Crippen molar-refractivity contribution in [3.8, 4) is 0 Å². The van der Waals surface area contributed by atoms with Gasteiger partial charge in [-0.3, -0.25) is 4.79 Å². The molecule has 6 nitrogen and oxygen atoms in total. The van der Waals surface area contributed by atoms with Gasteiger partial charge >= 0.3 is 0 Å². The molecule has 1 aromatic carbocycles. The summed E-state index contributed by atoms with van der Waals surface area (Å²) >= 11 is 0. The van der Waals surface area contributed by atoms with Gasteiger partial charge in [0.05, 0.1) is 12.4 Å². The van der Waals surface area contributed by atoms with Crippen LogP contribution < -0.4 is 15.5 Å². The van der Waals surface area contributed by atoms with Crippen molar-refractivity contribution in [1.29, 1.82) is 0 Å². The number of nitrogens with zero attached hydrogens (tertiary/aromatic N) is 3. The maximum atomic E-state index is 12.4. The summed E-state index contributed by atoms with van der Waals surface area (Å²) < 4.78 is 0. The van der Waals surface area contributed by atoms with Gasteiger partial charge in [0.2, 0.25) is 0 Å². The predicted octanol–water partition coefficient (Wildman–Crippen LogP) is 4.18. The Labute approximate surface area is 161 Å². The number of nitrogens with one attached hydrogen (secondary N) is 2. The fraction of sp³-hybridized carbons (Fsp3) is 0.476. The highest BCUT2D eigenvalue weighted by atomic mass is 16.1. The van der Waals surface area contributed by atoms with Crippen LogP contribution in [0.2, 0.25) is 0 Å². The Morgan fingerprint density at radius 3 is 2.30 bits per heavy atom. The summed E-state index contributed by atoms with van der Waals surface area (Å²) in [6.07, 6.45) is 5.54. The van der Waals surface area contributed by atoms with Crippen molar-refractivity contribution in [2.24, 2.45) is 5.92 Å². The van der Waals surface area contributed by atoms with E-state index in [1.54, 1.807) is 6.20 Å². The molecule has 1 saturated heterocycles. The lowest BCUT2D eigenvalue weighted by Gasteiger charge is -2.32. The molecule has 0 bridgehead atoms. The quantitative estimate of drug-likeness (QED) is 0.848. The van der Waals surface area contributed by atoms with E-state index >= 15 is 0 Å². The monoisotopic (exact) mass is 367 g/mol. The minimum absolute atomic E-state index is 0.105. The molecular weight excluding hydrogens is 338 g/mol. The zero-order valence-electron chi connectivity index (χ0n) is 16.6. The summed E-state index contributed by atoms with van der Waals surface area (Å²) in [5, 5.41) is 6.11. The van der Waals surface area contributed by atoms with Crippen molar-refractivity contribution in [2.45, 2.75) is 46.1 Å². The average Bonchev–Trinajstić information content (AvgIpc) is 2.62. The molecule has 0 atom stereocenters. The summed E-state index contributed by atoms with van der Waals surface area (Å²) in [5.41, 5.74) is 2.15. The largest absolute Gasteiger partial charge is 0.372 e. The maximum absolute atomic E-state index is 12.4. The van der Waals surface area contributed by atoms with Crippen molar-refractivity contribution in [1.82, 2.24) is 9.97 Å². The first-order valence-corrected chi connectivity index (χ1v) is 9.57. The molecular formula is C21H29N5O. The van der Waals surface area contributed by atoms with Crippen molar-refractivity contribution >= 4 is 23.1 Å². The normalized spacial score (nSPS) is 15.5. The molecule has 27 heavy (non-hydrogen) atoms. The van der Waals surface area contributed by atoms with Crippen LogP contribution in [0, 0.1) is 5.92 Å². The van der Waals surface area contributed by atoms with Gasteiger partial charge in [0.15, 0.2) is 0 Å². The van der Waals surface area contributed by atoms with Crippen molar-refractivity contribution in [3.63, 3.8) is 0 Å². The molecule has 2 N–H and O–H groups in total. The molecule has 1 aliphatic rings. The number of anilines is 3. The van der Waals surface area contributed by atoms with E-state index in [4.69, 9.17) is 0 Å². The number of benzene rings is 1. The number of aromatic nitrogens is 2. The van der Waals surface area contributed by atoms with Crippen LogP contribution in [0.1, 0.15) is 51.0 Å². The van der Waals surface area contributed by atoms with E-state index in [1.165, 1.54) is 24.7 Å². The number of hydrogen-bond acceptors (Lipinski definition) is 5. The van der Waals surface area contributed by atoms with Gasteiger partial charge in [-0.25, -0.2) is 9.97 Å². The first-order valence-electron chi connectivity index (χ1n) is 9.57. The van der Waals surface area contributed by atoms with Gasteiger partial charge in [0.1, 0.15) is 11.5 Å². The number of rotatable bonds is 4. The first-order chi connectivity index (χ1) is 12.8. The SMILES string of the molecule is CC1CCN(c2ccc(NC(=O)c3cnc(NC(C)(C)C)cn3)cc2)CC1. The van der Waals surface area contributed by atoms with Gasteiger partial charge in [0, 0.05) is 30.0 Å². The Morgan fingerprint density at radius 1 is 1.07 bits per heavy atom. The summed E-state index contributed by atoms with van der Waals surface area (Å²) in [5.74, 6) is 1.20. The van der Waals surface area contributed by atoms with Crippen LogP contribution in [0.15, 0.2) is 36.7 Å². The standard InChI is InChI=1S/C21H29N5O/c1-15-9-11-26(12-10-15)17-7-5-16(6-8-17)24-20(27)18-13-23-19(14-22-18)25-21(2,3)4/h5-8,13-15H,9-12H2,1-4H3,(H,23,25)(H,24,27). The van der Waals surface area contributed by atoms with Crippen LogP contribution in [0.3, 0.4) is 0 Å². The van der Waals surface area contributed by atoms with Gasteiger partial charge in [-0.2, -0.15) is 0 Å². The second kappa shape index (κ2) is 7.94. The summed E-state index contributed by atoms with van der Waals surface area (Å²) in [4.78, 5) is 23.3. The Bertz CT molecular complexity index is 757. The van der Waals surface area contributed by atoms with Gasteiger partial charge in [-0.05, 0) is 63.8 Å². The first kappa shape index (κ1) is 19.1. The zero-order chi connectivity index (χ0) is 19.4. The molecule has 1 fully saturated rings. The van der Waals surface area contributed by atoms with Crippen LogP contribution in [0.4, 0.5) is 17.2 Å². The van der Waals surface area contributed by atoms with Crippen molar-refractivity contribution in [3.05, 3.63) is 42.4 Å². The van der Waals surface area contributed by atoms with E-state index in [-0.39, 0.29) is 11.4 Å². The number of hydrogen-bond donors (Lipinski definition) is 2. The highest BCUT2D eigenvalue weighted by Crippen LogP contribution is 2.24. The summed E-state index contributed by atoms with van der Waals surface area (Å²) in [6.45, 7) is 10.6. The average molecular weight is 367 g/mol. The number of piperidine rings is 1. The lowest BCUT2D eigenvalue weighted by molar-refractivity contribution is 0.102. The molecule has 0 radical (unpaired) electrons. The molecule has 2 aromatic rings. The number of carbonyl (C=O) groups is 1. The van der Waals surface area contributed by atoms with Crippen molar-refractivity contribution in [2.75, 3.05) is 28.6 Å². The lowest BCUT2D eigenvalue weighted by atomic mass is 9.99. The van der Waals surface area contributed by atoms with Crippen LogP contribution in [0.25, 0.3) is 0 Å². The molecule has 0 spiro atoms. The third-order valence-electron chi connectivity index (χ3n) is 4.66. The maximum Gasteiger partial charge on any atom is 0.275 e. The molecule has 3 rings (SSSR count). The molecule has 1 aliphatic heterocycles. The molecule has 2 heterocycles. The van der Waals surface area contributed by atoms with Crippen LogP contribution in [-0.4, -0.2) is 34.5 Å². The molecule has 144 valence electrons. The highest BCUT2D eigenvalue weighted by Gasteiger charge is 2.16.